The van der Waals surface area contributed by atoms with Gasteiger partial charge in [-0.1, -0.05) is 0 Å². The predicted octanol–water partition coefficient (Wildman–Crippen LogP) is 2.67. The van der Waals surface area contributed by atoms with Crippen molar-refractivity contribution >= 4 is 53.3 Å². The van der Waals surface area contributed by atoms with Crippen molar-refractivity contribution in [2.75, 3.05) is 14.2 Å². The van der Waals surface area contributed by atoms with Crippen LogP contribution in [-0.2, 0) is 4.74 Å². The van der Waals surface area contributed by atoms with Crippen molar-refractivity contribution in [3.05, 3.63) is 72.2 Å². The summed E-state index contributed by atoms with van der Waals surface area (Å²) in [6.07, 6.45) is 1.56. The zero-order valence-corrected chi connectivity index (χ0v) is 20.2. The Labute approximate surface area is 191 Å². The summed E-state index contributed by atoms with van der Waals surface area (Å²) in [6.45, 7) is 1.95. The third-order valence-electron chi connectivity index (χ3n) is 4.58. The zero-order valence-electron chi connectivity index (χ0n) is 17.2. The summed E-state index contributed by atoms with van der Waals surface area (Å²) < 4.78 is 12.3. The molecule has 0 saturated heterocycles. The Bertz CT molecular complexity index is 1250. The molecule has 0 fully saturated rings. The van der Waals surface area contributed by atoms with E-state index in [2.05, 4.69) is 15.0 Å². The number of carbonyl (C=O) groups is 1. The van der Waals surface area contributed by atoms with Gasteiger partial charge in [-0.2, -0.15) is 0 Å². The predicted molar refractivity (Wildman–Crippen MR) is 123 cm³/mol. The number of rotatable bonds is 6. The second-order valence-electron chi connectivity index (χ2n) is 6.65. The third kappa shape index (κ3) is 4.89. The Morgan fingerprint density at radius 1 is 1.00 bits per heavy atom. The van der Waals surface area contributed by atoms with Crippen molar-refractivity contribution in [3.8, 4) is 5.75 Å². The molecule has 4 aromatic rings. The van der Waals surface area contributed by atoms with Crippen LogP contribution in [0.3, 0.4) is 0 Å². The van der Waals surface area contributed by atoms with Gasteiger partial charge in [0.2, 0.25) is 0 Å². The van der Waals surface area contributed by atoms with Gasteiger partial charge in [0.15, 0.2) is 0 Å². The Morgan fingerprint density at radius 3 is 2.55 bits per heavy atom. The van der Waals surface area contributed by atoms with Gasteiger partial charge < -0.3 is 0 Å². The molecule has 6 nitrogen and oxygen atoms in total. The van der Waals surface area contributed by atoms with Gasteiger partial charge in [-0.15, -0.1) is 0 Å². The van der Waals surface area contributed by atoms with Crippen molar-refractivity contribution in [2.24, 2.45) is 0 Å². The molecule has 0 amide bonds. The summed E-state index contributed by atoms with van der Waals surface area (Å²) in [5, 5.41) is 0.956. The number of aromatic nitrogens is 3. The first-order chi connectivity index (χ1) is 15.1. The Kier molecular flexibility index (Phi) is 6.54. The third-order valence-corrected chi connectivity index (χ3v) is 8.81. The molecule has 2 aromatic heterocycles. The van der Waals surface area contributed by atoms with E-state index in [1.165, 1.54) is 7.11 Å². The first-order valence-electron chi connectivity index (χ1n) is 9.47. The summed E-state index contributed by atoms with van der Waals surface area (Å²) in [5.41, 5.74) is 2.15. The number of pyridine rings is 1. The first-order valence-corrected chi connectivity index (χ1v) is 12.4. The number of esters is 1. The zero-order chi connectivity index (χ0) is 21.8. The van der Waals surface area contributed by atoms with Gasteiger partial charge in [0.25, 0.3) is 0 Å². The number of benzene rings is 2. The molecule has 4 rings (SSSR count). The van der Waals surface area contributed by atoms with E-state index in [9.17, 15) is 4.79 Å². The first kappa shape index (κ1) is 21.3. The molecule has 0 aliphatic rings. The molecule has 0 aliphatic carbocycles. The van der Waals surface area contributed by atoms with Gasteiger partial charge >= 0.3 is 191 Å². The Morgan fingerprint density at radius 2 is 1.81 bits per heavy atom. The molecular formula is C23H20AsN3O3S. The van der Waals surface area contributed by atoms with E-state index in [0.717, 1.165) is 35.5 Å². The van der Waals surface area contributed by atoms with Crippen LogP contribution in [0.5, 0.6) is 5.75 Å². The number of fused-ring (bicyclic) bond motifs is 1. The van der Waals surface area contributed by atoms with Crippen LogP contribution in [0.15, 0.2) is 70.7 Å². The molecule has 0 N–H and O–H groups in total. The van der Waals surface area contributed by atoms with E-state index < -0.39 is 15.8 Å². The summed E-state index contributed by atoms with van der Waals surface area (Å²) in [5.74, 6) is 0.466. The van der Waals surface area contributed by atoms with E-state index in [1.807, 2.05) is 55.5 Å². The van der Waals surface area contributed by atoms with Crippen LogP contribution in [0.1, 0.15) is 16.1 Å². The van der Waals surface area contributed by atoms with Gasteiger partial charge in [0, 0.05) is 0 Å². The van der Waals surface area contributed by atoms with Crippen molar-refractivity contribution in [3.63, 3.8) is 0 Å². The standard InChI is InChI=1S/C23H20AsN3O3S/c1-14-4-10-18-21(25-13-26-22(18)27-14)24-19-12-15(23(28)30-3)5-11-20(19)31-17-8-6-16(29-2)7-9-17/h4-13,24H,1-3H3. The van der Waals surface area contributed by atoms with E-state index >= 15 is 0 Å². The van der Waals surface area contributed by atoms with Crippen LogP contribution >= 0.6 is 11.8 Å². The molecule has 2 aromatic carbocycles. The maximum atomic E-state index is 12.1. The van der Waals surface area contributed by atoms with E-state index in [0.29, 0.717) is 11.2 Å². The summed E-state index contributed by atoms with van der Waals surface area (Å²) >= 11 is 0.779. The van der Waals surface area contributed by atoms with Crippen molar-refractivity contribution in [1.29, 1.82) is 0 Å². The quantitative estimate of drug-likeness (QED) is 0.302. The fraction of sp³-hybridized carbons (Fsp3) is 0.130. The summed E-state index contributed by atoms with van der Waals surface area (Å²) in [4.78, 5) is 27.7. The van der Waals surface area contributed by atoms with E-state index in [4.69, 9.17) is 9.47 Å². The number of nitrogens with zero attached hydrogens (tertiary/aromatic N) is 3. The Hall–Kier alpha value is -2.89. The molecular weight excluding hydrogens is 473 g/mol. The fourth-order valence-corrected chi connectivity index (χ4v) is 6.81. The fourth-order valence-electron chi connectivity index (χ4n) is 3.00. The monoisotopic (exact) mass is 493 g/mol. The number of hydrogen-bond donors (Lipinski definition) is 0. The second-order valence-corrected chi connectivity index (χ2v) is 10.4. The minimum atomic E-state index is -0.874. The van der Waals surface area contributed by atoms with E-state index in [1.54, 1.807) is 31.3 Å². The number of hydrogen-bond acceptors (Lipinski definition) is 7. The topological polar surface area (TPSA) is 74.2 Å². The normalized spacial score (nSPS) is 11.2. The van der Waals surface area contributed by atoms with Crippen LogP contribution in [0.4, 0.5) is 0 Å². The molecule has 31 heavy (non-hydrogen) atoms. The van der Waals surface area contributed by atoms with Crippen LogP contribution < -0.4 is 13.6 Å². The number of aryl methyl sites for hydroxylation is 1. The summed E-state index contributed by atoms with van der Waals surface area (Å²) in [6, 6.07) is 17.6. The van der Waals surface area contributed by atoms with E-state index in [-0.39, 0.29) is 5.97 Å². The van der Waals surface area contributed by atoms with Crippen LogP contribution in [0, 0.1) is 6.92 Å². The molecule has 0 radical (unpaired) electrons. The van der Waals surface area contributed by atoms with Crippen LogP contribution in [0.2, 0.25) is 0 Å². The minimum absolute atomic E-state index is 0.348. The van der Waals surface area contributed by atoms with Gasteiger partial charge in [0.1, 0.15) is 0 Å². The van der Waals surface area contributed by atoms with Gasteiger partial charge in [0.05, 0.1) is 0 Å². The molecule has 1 atom stereocenters. The number of methoxy groups -OCH3 is 2. The molecule has 0 aliphatic heterocycles. The number of carbonyl (C=O) groups excluding carboxylic acids is 1. The van der Waals surface area contributed by atoms with Crippen molar-refractivity contribution in [1.82, 2.24) is 15.0 Å². The number of ether oxygens (including phenoxy) is 2. The van der Waals surface area contributed by atoms with Crippen molar-refractivity contribution < 1.29 is 14.3 Å². The van der Waals surface area contributed by atoms with Gasteiger partial charge in [-0.3, -0.25) is 0 Å². The molecule has 8 heteroatoms. The van der Waals surface area contributed by atoms with Crippen LogP contribution in [0.25, 0.3) is 11.0 Å². The molecule has 0 spiro atoms. The maximum absolute atomic E-state index is 12.1. The molecule has 0 bridgehead atoms. The van der Waals surface area contributed by atoms with Gasteiger partial charge in [-0.25, -0.2) is 0 Å². The molecule has 1 unspecified atom stereocenters. The molecule has 2 heterocycles. The Balaban J connectivity index is 1.74. The average Bonchev–Trinajstić information content (AvgIpc) is 2.80. The second kappa shape index (κ2) is 9.50. The van der Waals surface area contributed by atoms with Crippen molar-refractivity contribution in [2.45, 2.75) is 16.7 Å². The molecule has 0 saturated carbocycles. The summed E-state index contributed by atoms with van der Waals surface area (Å²) in [7, 11) is 3.05. The SMILES string of the molecule is COC(=O)c1ccc(Sc2ccc(OC)cc2)c([AsH]c2ncnc3nc(C)ccc23)c1. The van der Waals surface area contributed by atoms with Gasteiger partial charge in [-0.05, 0) is 0 Å². The molecule has 156 valence electrons. The van der Waals surface area contributed by atoms with Crippen LogP contribution in [-0.4, -0.2) is 50.9 Å². The average molecular weight is 493 g/mol.